The van der Waals surface area contributed by atoms with Gasteiger partial charge in [0.2, 0.25) is 5.91 Å². The molecular weight excluding hydrogens is 194 g/mol. The SMILES string of the molecule is CCOC(=O)CCCNC(=O)CCl. The highest BCUT2D eigenvalue weighted by molar-refractivity contribution is 6.27. The van der Waals surface area contributed by atoms with E-state index in [1.807, 2.05) is 0 Å². The first-order chi connectivity index (χ1) is 6.20. The van der Waals surface area contributed by atoms with Crippen molar-refractivity contribution in [2.24, 2.45) is 0 Å². The van der Waals surface area contributed by atoms with Gasteiger partial charge in [0.1, 0.15) is 5.88 Å². The molecular formula is C8H14ClNO3. The number of alkyl halides is 1. The lowest BCUT2D eigenvalue weighted by molar-refractivity contribution is -0.143. The van der Waals surface area contributed by atoms with Crippen LogP contribution in [0.25, 0.3) is 0 Å². The second-order valence-electron chi connectivity index (χ2n) is 2.39. The molecule has 0 unspecified atom stereocenters. The van der Waals surface area contributed by atoms with Crippen molar-refractivity contribution in [2.75, 3.05) is 19.0 Å². The molecule has 0 spiro atoms. The van der Waals surface area contributed by atoms with Gasteiger partial charge in [0.15, 0.2) is 0 Å². The topological polar surface area (TPSA) is 55.4 Å². The predicted molar refractivity (Wildman–Crippen MR) is 49.6 cm³/mol. The van der Waals surface area contributed by atoms with Crippen LogP contribution in [0.1, 0.15) is 19.8 Å². The van der Waals surface area contributed by atoms with Crippen molar-refractivity contribution < 1.29 is 14.3 Å². The summed E-state index contributed by atoms with van der Waals surface area (Å²) in [6.45, 7) is 2.62. The molecule has 1 N–H and O–H groups in total. The Hall–Kier alpha value is -0.770. The average Bonchev–Trinajstić information content (AvgIpc) is 2.12. The van der Waals surface area contributed by atoms with Crippen molar-refractivity contribution in [1.29, 1.82) is 0 Å². The van der Waals surface area contributed by atoms with Crippen molar-refractivity contribution in [1.82, 2.24) is 5.32 Å². The maximum Gasteiger partial charge on any atom is 0.305 e. The highest BCUT2D eigenvalue weighted by Gasteiger charge is 2.01. The lowest BCUT2D eigenvalue weighted by Gasteiger charge is -2.02. The van der Waals surface area contributed by atoms with E-state index in [9.17, 15) is 9.59 Å². The molecule has 76 valence electrons. The summed E-state index contributed by atoms with van der Waals surface area (Å²) in [5.74, 6) is -0.493. The van der Waals surface area contributed by atoms with E-state index in [1.165, 1.54) is 0 Å². The Morgan fingerprint density at radius 2 is 2.15 bits per heavy atom. The molecule has 0 saturated carbocycles. The zero-order valence-corrected chi connectivity index (χ0v) is 8.39. The molecule has 0 fully saturated rings. The number of ether oxygens (including phenoxy) is 1. The molecule has 5 heteroatoms. The minimum atomic E-state index is -0.234. The molecule has 0 aromatic rings. The van der Waals surface area contributed by atoms with Gasteiger partial charge in [-0.15, -0.1) is 11.6 Å². The van der Waals surface area contributed by atoms with E-state index < -0.39 is 0 Å². The van der Waals surface area contributed by atoms with E-state index >= 15 is 0 Å². The van der Waals surface area contributed by atoms with E-state index in [1.54, 1.807) is 6.92 Å². The fourth-order valence-corrected chi connectivity index (χ4v) is 0.835. The van der Waals surface area contributed by atoms with Crippen molar-refractivity contribution in [2.45, 2.75) is 19.8 Å². The number of amides is 1. The van der Waals surface area contributed by atoms with Crippen LogP contribution in [0, 0.1) is 0 Å². The Balaban J connectivity index is 3.25. The third kappa shape index (κ3) is 7.59. The zero-order chi connectivity index (χ0) is 10.1. The van der Waals surface area contributed by atoms with Crippen LogP contribution in [0.15, 0.2) is 0 Å². The third-order valence-electron chi connectivity index (χ3n) is 1.31. The number of hydrogen-bond acceptors (Lipinski definition) is 3. The molecule has 0 aromatic carbocycles. The van der Waals surface area contributed by atoms with E-state index in [-0.39, 0.29) is 17.8 Å². The van der Waals surface area contributed by atoms with Crippen LogP contribution in [0.3, 0.4) is 0 Å². The molecule has 0 radical (unpaired) electrons. The van der Waals surface area contributed by atoms with Crippen LogP contribution < -0.4 is 5.32 Å². The normalized spacial score (nSPS) is 9.38. The van der Waals surface area contributed by atoms with Crippen molar-refractivity contribution >= 4 is 23.5 Å². The third-order valence-corrected chi connectivity index (χ3v) is 1.55. The van der Waals surface area contributed by atoms with Gasteiger partial charge < -0.3 is 10.1 Å². The Morgan fingerprint density at radius 3 is 2.69 bits per heavy atom. The number of hydrogen-bond donors (Lipinski definition) is 1. The second kappa shape index (κ2) is 7.86. The molecule has 13 heavy (non-hydrogen) atoms. The van der Waals surface area contributed by atoms with Crippen molar-refractivity contribution in [3.8, 4) is 0 Å². The fourth-order valence-electron chi connectivity index (χ4n) is 0.741. The molecule has 1 amide bonds. The first-order valence-corrected chi connectivity index (χ1v) is 4.72. The first-order valence-electron chi connectivity index (χ1n) is 4.19. The van der Waals surface area contributed by atoms with E-state index in [0.717, 1.165) is 0 Å². The van der Waals surface area contributed by atoms with Crippen molar-refractivity contribution in [3.63, 3.8) is 0 Å². The van der Waals surface area contributed by atoms with Gasteiger partial charge in [0.05, 0.1) is 6.61 Å². The highest BCUT2D eigenvalue weighted by atomic mass is 35.5. The lowest BCUT2D eigenvalue weighted by atomic mass is 10.3. The maximum absolute atomic E-state index is 10.8. The first kappa shape index (κ1) is 12.2. The molecule has 0 heterocycles. The summed E-state index contributed by atoms with van der Waals surface area (Å²) < 4.78 is 4.70. The van der Waals surface area contributed by atoms with Crippen molar-refractivity contribution in [3.05, 3.63) is 0 Å². The monoisotopic (exact) mass is 207 g/mol. The van der Waals surface area contributed by atoms with Crippen LogP contribution in [0.2, 0.25) is 0 Å². The quantitative estimate of drug-likeness (QED) is 0.396. The van der Waals surface area contributed by atoms with Crippen LogP contribution in [-0.4, -0.2) is 30.9 Å². The molecule has 0 bridgehead atoms. The Kier molecular flexibility index (Phi) is 7.39. The van der Waals surface area contributed by atoms with Gasteiger partial charge in [-0.25, -0.2) is 0 Å². The smallest absolute Gasteiger partial charge is 0.305 e. The molecule has 0 atom stereocenters. The maximum atomic E-state index is 10.8. The average molecular weight is 208 g/mol. The molecule has 0 rings (SSSR count). The molecule has 0 saturated heterocycles. The number of nitrogens with one attached hydrogen (secondary N) is 1. The largest absolute Gasteiger partial charge is 0.466 e. The predicted octanol–water partition coefficient (Wildman–Crippen LogP) is 0.685. The number of carbonyl (C=O) groups is 2. The van der Waals surface area contributed by atoms with Gasteiger partial charge in [-0.05, 0) is 13.3 Å². The zero-order valence-electron chi connectivity index (χ0n) is 7.64. The lowest BCUT2D eigenvalue weighted by Crippen LogP contribution is -2.25. The summed E-state index contributed by atoms with van der Waals surface area (Å²) in [6, 6.07) is 0. The second-order valence-corrected chi connectivity index (χ2v) is 2.66. The van der Waals surface area contributed by atoms with Gasteiger partial charge in [-0.3, -0.25) is 9.59 Å². The molecule has 0 aliphatic carbocycles. The van der Waals surface area contributed by atoms with Crippen LogP contribution in [-0.2, 0) is 14.3 Å². The van der Waals surface area contributed by atoms with E-state index in [2.05, 4.69) is 5.32 Å². The summed E-state index contributed by atoms with van der Waals surface area (Å²) in [4.78, 5) is 21.4. The Bertz CT molecular complexity index is 173. The van der Waals surface area contributed by atoms with Crippen LogP contribution in [0.4, 0.5) is 0 Å². The standard InChI is InChI=1S/C8H14ClNO3/c1-2-13-8(12)4-3-5-10-7(11)6-9/h2-6H2,1H3,(H,10,11). The van der Waals surface area contributed by atoms with Gasteiger partial charge in [-0.1, -0.05) is 0 Å². The molecule has 0 aliphatic rings. The number of esters is 1. The summed E-state index contributed by atoms with van der Waals surface area (Å²) in [7, 11) is 0. The highest BCUT2D eigenvalue weighted by Crippen LogP contribution is 1.91. The van der Waals surface area contributed by atoms with Gasteiger partial charge in [0, 0.05) is 13.0 Å². The van der Waals surface area contributed by atoms with E-state index in [0.29, 0.717) is 26.0 Å². The number of rotatable bonds is 6. The molecule has 4 nitrogen and oxygen atoms in total. The minimum Gasteiger partial charge on any atom is -0.466 e. The van der Waals surface area contributed by atoms with E-state index in [4.69, 9.17) is 16.3 Å². The minimum absolute atomic E-state index is 0.0423. The Labute approximate surface area is 82.6 Å². The van der Waals surface area contributed by atoms with Gasteiger partial charge in [0.25, 0.3) is 0 Å². The Morgan fingerprint density at radius 1 is 1.46 bits per heavy atom. The van der Waals surface area contributed by atoms with Gasteiger partial charge >= 0.3 is 5.97 Å². The summed E-state index contributed by atoms with van der Waals surface area (Å²) >= 11 is 5.24. The summed E-state index contributed by atoms with van der Waals surface area (Å²) in [5.41, 5.74) is 0. The number of halogens is 1. The van der Waals surface area contributed by atoms with Crippen LogP contribution >= 0.6 is 11.6 Å². The van der Waals surface area contributed by atoms with Crippen LogP contribution in [0.5, 0.6) is 0 Å². The molecule has 0 aromatic heterocycles. The van der Waals surface area contributed by atoms with Gasteiger partial charge in [-0.2, -0.15) is 0 Å². The fraction of sp³-hybridized carbons (Fsp3) is 0.750. The summed E-state index contributed by atoms with van der Waals surface area (Å²) in [5, 5.41) is 2.55. The molecule has 0 aliphatic heterocycles. The summed E-state index contributed by atoms with van der Waals surface area (Å²) in [6.07, 6.45) is 0.915. The number of carbonyl (C=O) groups excluding carboxylic acids is 2.